The second-order valence-electron chi connectivity index (χ2n) is 4.21. The Bertz CT molecular complexity index is 725. The summed E-state index contributed by atoms with van der Waals surface area (Å²) >= 11 is 1.61. The summed E-state index contributed by atoms with van der Waals surface area (Å²) in [5.41, 5.74) is 8.52. The van der Waals surface area contributed by atoms with Crippen molar-refractivity contribution in [1.29, 1.82) is 0 Å². The summed E-state index contributed by atoms with van der Waals surface area (Å²) in [6.07, 6.45) is 5.69. The maximum atomic E-state index is 5.67. The molecule has 0 amide bonds. The maximum Gasteiger partial charge on any atom is 0.323 e. The first-order chi connectivity index (χ1) is 10.2. The van der Waals surface area contributed by atoms with Crippen molar-refractivity contribution in [3.8, 4) is 12.0 Å². The van der Waals surface area contributed by atoms with Gasteiger partial charge in [0, 0.05) is 23.7 Å². The topological polar surface area (TPSA) is 105 Å². The van der Waals surface area contributed by atoms with Gasteiger partial charge in [-0.25, -0.2) is 9.97 Å². The van der Waals surface area contributed by atoms with Gasteiger partial charge in [0.1, 0.15) is 6.33 Å². The average Bonchev–Trinajstić information content (AvgIpc) is 3.10. The molecule has 0 aliphatic carbocycles. The van der Waals surface area contributed by atoms with Gasteiger partial charge in [-0.2, -0.15) is 15.0 Å². The molecular formula is C12H13N7OS. The summed E-state index contributed by atoms with van der Waals surface area (Å²) in [5.74, 6) is 0.488. The van der Waals surface area contributed by atoms with Crippen LogP contribution in [0.15, 0.2) is 24.2 Å². The third kappa shape index (κ3) is 3.14. The Labute approximate surface area is 124 Å². The zero-order valence-electron chi connectivity index (χ0n) is 11.3. The van der Waals surface area contributed by atoms with Gasteiger partial charge < -0.3 is 10.5 Å². The van der Waals surface area contributed by atoms with E-state index in [0.29, 0.717) is 12.6 Å². The molecule has 8 nitrogen and oxygen atoms in total. The van der Waals surface area contributed by atoms with E-state index in [1.807, 2.05) is 12.4 Å². The van der Waals surface area contributed by atoms with E-state index in [2.05, 4.69) is 24.9 Å². The lowest BCUT2D eigenvalue weighted by Gasteiger charge is -2.06. The molecule has 0 saturated carbocycles. The van der Waals surface area contributed by atoms with Crippen LogP contribution in [0.5, 0.6) is 6.01 Å². The minimum atomic E-state index is 0.109. The molecule has 0 aliphatic rings. The van der Waals surface area contributed by atoms with Gasteiger partial charge in [0.05, 0.1) is 17.8 Å². The zero-order valence-corrected chi connectivity index (χ0v) is 12.1. The van der Waals surface area contributed by atoms with Crippen LogP contribution in [0.3, 0.4) is 0 Å². The van der Waals surface area contributed by atoms with Crippen LogP contribution in [0.1, 0.15) is 10.6 Å². The van der Waals surface area contributed by atoms with Gasteiger partial charge in [0.15, 0.2) is 0 Å². The maximum absolute atomic E-state index is 5.67. The number of ether oxygens (including phenoxy) is 1. The highest BCUT2D eigenvalue weighted by atomic mass is 32.1. The van der Waals surface area contributed by atoms with E-state index >= 15 is 0 Å². The molecule has 3 aromatic rings. The zero-order chi connectivity index (χ0) is 14.7. The van der Waals surface area contributed by atoms with Gasteiger partial charge in [0.25, 0.3) is 0 Å². The summed E-state index contributed by atoms with van der Waals surface area (Å²) in [6, 6.07) is 0.202. The van der Waals surface area contributed by atoms with Crippen molar-refractivity contribution >= 4 is 17.3 Å². The Balaban J connectivity index is 1.69. The van der Waals surface area contributed by atoms with Gasteiger partial charge in [-0.15, -0.1) is 11.3 Å². The first kappa shape index (κ1) is 13.4. The quantitative estimate of drug-likeness (QED) is 0.750. The third-order valence-corrected chi connectivity index (χ3v) is 3.76. The number of thiazole rings is 1. The van der Waals surface area contributed by atoms with Crippen molar-refractivity contribution in [2.75, 3.05) is 12.3 Å². The molecule has 0 bridgehead atoms. The number of hydrogen-bond donors (Lipinski definition) is 1. The van der Waals surface area contributed by atoms with Gasteiger partial charge in [-0.3, -0.25) is 4.57 Å². The molecule has 0 aromatic carbocycles. The minimum absolute atomic E-state index is 0.109. The molecular weight excluding hydrogens is 290 g/mol. The lowest BCUT2D eigenvalue weighted by Crippen LogP contribution is -2.10. The number of nitrogens with two attached hydrogens (primary N) is 1. The molecule has 2 N–H and O–H groups in total. The van der Waals surface area contributed by atoms with E-state index in [4.69, 9.17) is 10.5 Å². The highest BCUT2D eigenvalue weighted by molar-refractivity contribution is 7.09. The Kier molecular flexibility index (Phi) is 3.73. The van der Waals surface area contributed by atoms with Crippen LogP contribution in [0.25, 0.3) is 5.95 Å². The largest absolute Gasteiger partial charge is 0.463 e. The highest BCUT2D eigenvalue weighted by Gasteiger charge is 2.08. The van der Waals surface area contributed by atoms with E-state index in [1.165, 1.54) is 4.88 Å². The van der Waals surface area contributed by atoms with Gasteiger partial charge in [-0.1, -0.05) is 0 Å². The molecule has 21 heavy (non-hydrogen) atoms. The molecule has 108 valence electrons. The number of aromatic nitrogens is 6. The van der Waals surface area contributed by atoms with Gasteiger partial charge >= 0.3 is 6.01 Å². The summed E-state index contributed by atoms with van der Waals surface area (Å²) in [4.78, 5) is 21.5. The fourth-order valence-corrected chi connectivity index (χ4v) is 2.48. The van der Waals surface area contributed by atoms with Crippen LogP contribution >= 0.6 is 11.3 Å². The SMILES string of the molecule is Cc1ncsc1CCOc1nc(N)nc(-n2ccnc2)n1. The summed E-state index contributed by atoms with van der Waals surface area (Å²) < 4.78 is 7.19. The smallest absolute Gasteiger partial charge is 0.323 e. The molecule has 0 saturated heterocycles. The van der Waals surface area contributed by atoms with Crippen molar-refractivity contribution in [1.82, 2.24) is 29.5 Å². The molecule has 3 heterocycles. The number of nitrogens with zero attached hydrogens (tertiary/aromatic N) is 6. The fourth-order valence-electron chi connectivity index (χ4n) is 1.72. The van der Waals surface area contributed by atoms with Gasteiger partial charge in [-0.05, 0) is 6.92 Å². The van der Waals surface area contributed by atoms with Crippen molar-refractivity contribution in [3.63, 3.8) is 0 Å². The average molecular weight is 303 g/mol. The van der Waals surface area contributed by atoms with E-state index < -0.39 is 0 Å². The number of anilines is 1. The first-order valence-electron chi connectivity index (χ1n) is 6.24. The van der Waals surface area contributed by atoms with E-state index in [9.17, 15) is 0 Å². The Hall–Kier alpha value is -2.55. The number of hydrogen-bond acceptors (Lipinski definition) is 8. The van der Waals surface area contributed by atoms with Crippen LogP contribution in [-0.4, -0.2) is 36.1 Å². The molecule has 3 rings (SSSR count). The Morgan fingerprint density at radius 1 is 1.33 bits per heavy atom. The Morgan fingerprint density at radius 3 is 2.95 bits per heavy atom. The number of rotatable bonds is 5. The summed E-state index contributed by atoms with van der Waals surface area (Å²) in [5, 5.41) is 0. The molecule has 9 heteroatoms. The van der Waals surface area contributed by atoms with Gasteiger partial charge in [0.2, 0.25) is 11.9 Å². The summed E-state index contributed by atoms with van der Waals surface area (Å²) in [6.45, 7) is 2.43. The molecule has 0 aliphatic heterocycles. The van der Waals surface area contributed by atoms with Crippen molar-refractivity contribution < 1.29 is 4.74 Å². The third-order valence-electron chi connectivity index (χ3n) is 2.76. The minimum Gasteiger partial charge on any atom is -0.463 e. The first-order valence-corrected chi connectivity index (χ1v) is 7.12. The highest BCUT2D eigenvalue weighted by Crippen LogP contribution is 2.14. The fraction of sp³-hybridized carbons (Fsp3) is 0.250. The molecule has 0 atom stereocenters. The van der Waals surface area contributed by atoms with E-state index in [-0.39, 0.29) is 12.0 Å². The lowest BCUT2D eigenvalue weighted by atomic mass is 10.3. The van der Waals surface area contributed by atoms with Crippen LogP contribution in [0.2, 0.25) is 0 Å². The predicted molar refractivity (Wildman–Crippen MR) is 77.4 cm³/mol. The standard InChI is InChI=1S/C12H13N7OS/c1-8-9(21-7-15-8)2-5-20-12-17-10(13)16-11(18-12)19-4-3-14-6-19/h3-4,6-7H,2,5H2,1H3,(H2,13,16,17,18). The molecule has 0 fully saturated rings. The second kappa shape index (κ2) is 5.83. The normalized spacial score (nSPS) is 10.7. The Morgan fingerprint density at radius 2 is 2.24 bits per heavy atom. The predicted octanol–water partition coefficient (Wildman–Crippen LogP) is 1.03. The summed E-state index contributed by atoms with van der Waals surface area (Å²) in [7, 11) is 0. The van der Waals surface area contributed by atoms with E-state index in [0.717, 1.165) is 12.1 Å². The van der Waals surface area contributed by atoms with Crippen molar-refractivity contribution in [2.45, 2.75) is 13.3 Å². The number of aryl methyl sites for hydroxylation is 1. The number of imidazole rings is 1. The molecule has 0 spiro atoms. The van der Waals surface area contributed by atoms with Crippen LogP contribution < -0.4 is 10.5 Å². The van der Waals surface area contributed by atoms with Crippen LogP contribution in [-0.2, 0) is 6.42 Å². The van der Waals surface area contributed by atoms with Crippen molar-refractivity contribution in [3.05, 3.63) is 34.8 Å². The lowest BCUT2D eigenvalue weighted by molar-refractivity contribution is 0.296. The monoisotopic (exact) mass is 303 g/mol. The molecule has 0 radical (unpaired) electrons. The van der Waals surface area contributed by atoms with Crippen LogP contribution in [0, 0.1) is 6.92 Å². The van der Waals surface area contributed by atoms with Crippen molar-refractivity contribution in [2.24, 2.45) is 0 Å². The second-order valence-corrected chi connectivity index (χ2v) is 5.14. The van der Waals surface area contributed by atoms with E-state index in [1.54, 1.807) is 34.6 Å². The molecule has 0 unspecified atom stereocenters. The van der Waals surface area contributed by atoms with Crippen LogP contribution in [0.4, 0.5) is 5.95 Å². The number of nitrogen functional groups attached to an aromatic ring is 1. The molecule has 3 aromatic heterocycles.